The maximum atomic E-state index is 11.8. The highest BCUT2D eigenvalue weighted by molar-refractivity contribution is 9.10. The van der Waals surface area contributed by atoms with Crippen molar-refractivity contribution < 1.29 is 4.79 Å². The second kappa shape index (κ2) is 6.90. The van der Waals surface area contributed by atoms with Gasteiger partial charge in [-0.25, -0.2) is 0 Å². The minimum absolute atomic E-state index is 0.0704. The predicted molar refractivity (Wildman–Crippen MR) is 78.3 cm³/mol. The molecule has 100 valence electrons. The van der Waals surface area contributed by atoms with E-state index in [0.29, 0.717) is 0 Å². The second-order valence-electron chi connectivity index (χ2n) is 4.97. The zero-order chi connectivity index (χ0) is 13.7. The van der Waals surface area contributed by atoms with Crippen LogP contribution in [-0.4, -0.2) is 18.0 Å². The molecule has 3 N–H and O–H groups in total. The van der Waals surface area contributed by atoms with Gasteiger partial charge in [-0.05, 0) is 30.9 Å². The van der Waals surface area contributed by atoms with Crippen molar-refractivity contribution in [2.24, 2.45) is 11.7 Å². The summed E-state index contributed by atoms with van der Waals surface area (Å²) in [7, 11) is 0. The zero-order valence-electron chi connectivity index (χ0n) is 11.1. The lowest BCUT2D eigenvalue weighted by molar-refractivity contribution is -0.123. The quantitative estimate of drug-likeness (QED) is 0.877. The van der Waals surface area contributed by atoms with E-state index < -0.39 is 6.04 Å². The summed E-state index contributed by atoms with van der Waals surface area (Å²) in [6.07, 6.45) is 0.790. The van der Waals surface area contributed by atoms with Crippen LogP contribution >= 0.6 is 15.9 Å². The van der Waals surface area contributed by atoms with Crippen molar-refractivity contribution in [3.05, 3.63) is 34.3 Å². The van der Waals surface area contributed by atoms with Crippen LogP contribution in [0.2, 0.25) is 0 Å². The maximum absolute atomic E-state index is 11.8. The van der Waals surface area contributed by atoms with Gasteiger partial charge in [0, 0.05) is 10.5 Å². The molecule has 1 aromatic rings. The summed E-state index contributed by atoms with van der Waals surface area (Å²) >= 11 is 3.51. The van der Waals surface area contributed by atoms with E-state index in [2.05, 4.69) is 27.3 Å². The predicted octanol–water partition coefficient (Wildman–Crippen LogP) is 2.48. The molecule has 1 aromatic carbocycles. The summed E-state index contributed by atoms with van der Waals surface area (Å²) < 4.78 is 1.07. The van der Waals surface area contributed by atoms with E-state index in [1.165, 1.54) is 5.56 Å². The number of benzene rings is 1. The summed E-state index contributed by atoms with van der Waals surface area (Å²) in [4.78, 5) is 11.8. The average molecular weight is 313 g/mol. The molecule has 2 atom stereocenters. The van der Waals surface area contributed by atoms with E-state index in [0.717, 1.165) is 10.9 Å². The third-order valence-electron chi connectivity index (χ3n) is 2.89. The van der Waals surface area contributed by atoms with Gasteiger partial charge < -0.3 is 11.1 Å². The van der Waals surface area contributed by atoms with Crippen molar-refractivity contribution in [2.75, 3.05) is 0 Å². The first kappa shape index (κ1) is 15.2. The molecule has 0 aliphatic heterocycles. The topological polar surface area (TPSA) is 55.1 Å². The van der Waals surface area contributed by atoms with Crippen LogP contribution in [0.1, 0.15) is 26.3 Å². The Labute approximate surface area is 117 Å². The molecule has 0 heterocycles. The van der Waals surface area contributed by atoms with Crippen molar-refractivity contribution in [3.8, 4) is 0 Å². The van der Waals surface area contributed by atoms with Gasteiger partial charge in [0.05, 0.1) is 6.04 Å². The molecule has 1 amide bonds. The molecule has 1 rings (SSSR count). The van der Waals surface area contributed by atoms with Gasteiger partial charge in [0.2, 0.25) is 5.91 Å². The normalized spacial score (nSPS) is 14.3. The van der Waals surface area contributed by atoms with E-state index in [9.17, 15) is 4.79 Å². The first-order valence-electron chi connectivity index (χ1n) is 6.21. The fourth-order valence-electron chi connectivity index (χ4n) is 1.69. The highest BCUT2D eigenvalue weighted by Crippen LogP contribution is 2.17. The van der Waals surface area contributed by atoms with Crippen molar-refractivity contribution in [3.63, 3.8) is 0 Å². The molecule has 3 nitrogen and oxygen atoms in total. The van der Waals surface area contributed by atoms with Crippen LogP contribution in [0.4, 0.5) is 0 Å². The lowest BCUT2D eigenvalue weighted by Gasteiger charge is -2.20. The minimum Gasteiger partial charge on any atom is -0.352 e. The number of hydrogen-bond donors (Lipinski definition) is 2. The molecule has 18 heavy (non-hydrogen) atoms. The lowest BCUT2D eigenvalue weighted by Crippen LogP contribution is -2.47. The van der Waals surface area contributed by atoms with Crippen molar-refractivity contribution in [1.29, 1.82) is 0 Å². The van der Waals surface area contributed by atoms with Crippen molar-refractivity contribution >= 4 is 21.8 Å². The molecule has 4 heteroatoms. The van der Waals surface area contributed by atoms with Crippen LogP contribution in [0.5, 0.6) is 0 Å². The Balaban J connectivity index is 2.55. The van der Waals surface area contributed by atoms with Crippen LogP contribution in [0.3, 0.4) is 0 Å². The molecule has 0 aliphatic rings. The first-order valence-corrected chi connectivity index (χ1v) is 7.00. The van der Waals surface area contributed by atoms with Gasteiger partial charge in [-0.1, -0.05) is 48.0 Å². The summed E-state index contributed by atoms with van der Waals surface area (Å²) in [6.45, 7) is 5.88. The number of carbonyl (C=O) groups is 1. The number of nitrogens with two attached hydrogens (primary N) is 1. The minimum atomic E-state index is -0.438. The molecular formula is C14H21BrN2O. The van der Waals surface area contributed by atoms with Crippen LogP contribution in [0.15, 0.2) is 28.7 Å². The van der Waals surface area contributed by atoms with Gasteiger partial charge in [-0.2, -0.15) is 0 Å². The number of hydrogen-bond acceptors (Lipinski definition) is 2. The van der Waals surface area contributed by atoms with E-state index in [1.54, 1.807) is 0 Å². The second-order valence-corrected chi connectivity index (χ2v) is 5.83. The Bertz CT molecular complexity index is 407. The molecule has 0 aliphatic carbocycles. The van der Waals surface area contributed by atoms with Gasteiger partial charge in [0.15, 0.2) is 0 Å². The van der Waals surface area contributed by atoms with E-state index in [-0.39, 0.29) is 17.9 Å². The molecule has 0 aromatic heterocycles. The van der Waals surface area contributed by atoms with Gasteiger partial charge in [0.25, 0.3) is 0 Å². The van der Waals surface area contributed by atoms with Gasteiger partial charge in [-0.3, -0.25) is 4.79 Å². The Kier molecular flexibility index (Phi) is 5.82. The average Bonchev–Trinajstić information content (AvgIpc) is 2.30. The van der Waals surface area contributed by atoms with Gasteiger partial charge >= 0.3 is 0 Å². The summed E-state index contributed by atoms with van der Waals surface area (Å²) in [6, 6.07) is 7.66. The molecule has 0 spiro atoms. The van der Waals surface area contributed by atoms with Crippen LogP contribution in [0.25, 0.3) is 0 Å². The van der Waals surface area contributed by atoms with Crippen molar-refractivity contribution in [1.82, 2.24) is 5.32 Å². The van der Waals surface area contributed by atoms with Gasteiger partial charge in [0.1, 0.15) is 0 Å². The van der Waals surface area contributed by atoms with Gasteiger partial charge in [-0.15, -0.1) is 0 Å². The Hall–Kier alpha value is -0.870. The highest BCUT2D eigenvalue weighted by Gasteiger charge is 2.19. The molecule has 0 bridgehead atoms. The number of nitrogens with one attached hydrogen (secondary N) is 1. The van der Waals surface area contributed by atoms with Crippen LogP contribution < -0.4 is 11.1 Å². The maximum Gasteiger partial charge on any atom is 0.237 e. The molecule has 0 saturated heterocycles. The fourth-order valence-corrected chi connectivity index (χ4v) is 2.13. The SMILES string of the molecule is CC(Cc1ccccc1Br)NC(=O)[C@@H](N)C(C)C. The molecule has 0 radical (unpaired) electrons. The Morgan fingerprint density at radius 2 is 1.94 bits per heavy atom. The number of halogens is 1. The Morgan fingerprint density at radius 3 is 2.50 bits per heavy atom. The summed E-state index contributed by atoms with van der Waals surface area (Å²) in [5, 5.41) is 2.95. The fraction of sp³-hybridized carbons (Fsp3) is 0.500. The van der Waals surface area contributed by atoms with Crippen LogP contribution in [0, 0.1) is 5.92 Å². The molecule has 0 saturated carbocycles. The van der Waals surface area contributed by atoms with Crippen molar-refractivity contribution in [2.45, 2.75) is 39.3 Å². The summed E-state index contributed by atoms with van der Waals surface area (Å²) in [5.41, 5.74) is 6.99. The van der Waals surface area contributed by atoms with Crippen LogP contribution in [-0.2, 0) is 11.2 Å². The monoisotopic (exact) mass is 312 g/mol. The standard InChI is InChI=1S/C14H21BrN2O/c1-9(2)13(16)14(18)17-10(3)8-11-6-4-5-7-12(11)15/h4-7,9-10,13H,8,16H2,1-3H3,(H,17,18)/t10?,13-/m0/s1. The third kappa shape index (κ3) is 4.42. The number of rotatable bonds is 5. The highest BCUT2D eigenvalue weighted by atomic mass is 79.9. The third-order valence-corrected chi connectivity index (χ3v) is 3.67. The van der Waals surface area contributed by atoms with E-state index in [1.807, 2.05) is 39.0 Å². The summed E-state index contributed by atoms with van der Waals surface area (Å²) in [5.74, 6) is 0.0743. The number of amides is 1. The van der Waals surface area contributed by atoms with E-state index >= 15 is 0 Å². The molecule has 0 fully saturated rings. The molecule has 1 unspecified atom stereocenters. The lowest BCUT2D eigenvalue weighted by atomic mass is 10.0. The smallest absolute Gasteiger partial charge is 0.237 e. The Morgan fingerprint density at radius 1 is 1.33 bits per heavy atom. The number of carbonyl (C=O) groups excluding carboxylic acids is 1. The molecular weight excluding hydrogens is 292 g/mol. The van der Waals surface area contributed by atoms with E-state index in [4.69, 9.17) is 5.73 Å². The first-order chi connectivity index (χ1) is 8.41. The largest absolute Gasteiger partial charge is 0.352 e. The zero-order valence-corrected chi connectivity index (χ0v) is 12.7.